The molecule has 1 aliphatic carbocycles. The Balaban J connectivity index is 1.36. The summed E-state index contributed by atoms with van der Waals surface area (Å²) in [4.78, 5) is 19.7. The number of hydrogen-bond donors (Lipinski definition) is 1. The van der Waals surface area contributed by atoms with Crippen LogP contribution in [0.25, 0.3) is 0 Å². The molecule has 1 unspecified atom stereocenters. The summed E-state index contributed by atoms with van der Waals surface area (Å²) >= 11 is 0. The Hall–Kier alpha value is -0.850. The van der Waals surface area contributed by atoms with E-state index in [1.807, 2.05) is 4.90 Å². The van der Waals surface area contributed by atoms with Gasteiger partial charge in [-0.05, 0) is 37.6 Å². The quantitative estimate of drug-likeness (QED) is 0.752. The van der Waals surface area contributed by atoms with Crippen LogP contribution >= 0.6 is 0 Å². The molecular weight excluding hydrogens is 352 g/mol. The second-order valence-corrected chi connectivity index (χ2v) is 9.48. The molecule has 3 rings (SSSR count). The zero-order valence-electron chi connectivity index (χ0n) is 18.2. The molecule has 3 aliphatic rings. The van der Waals surface area contributed by atoms with Gasteiger partial charge in [0.1, 0.15) is 0 Å². The number of morpholine rings is 1. The predicted octanol–water partition coefficient (Wildman–Crippen LogP) is 2.64. The molecule has 3 fully saturated rings. The number of rotatable bonds is 6. The molecule has 2 amide bonds. The molecule has 0 radical (unpaired) electrons. The fraction of sp³-hybridized carbons (Fsp3) is 0.955. The number of carbonyl (C=O) groups is 1. The van der Waals surface area contributed by atoms with Gasteiger partial charge in [0, 0.05) is 52.4 Å². The smallest absolute Gasteiger partial charge is 0.317 e. The largest absolute Gasteiger partial charge is 0.374 e. The van der Waals surface area contributed by atoms with E-state index in [0.29, 0.717) is 12.5 Å². The molecule has 2 aliphatic heterocycles. The van der Waals surface area contributed by atoms with Gasteiger partial charge in [-0.3, -0.25) is 4.90 Å². The normalized spacial score (nSPS) is 26.4. The summed E-state index contributed by atoms with van der Waals surface area (Å²) in [5.74, 6) is 1.55. The zero-order chi connectivity index (χ0) is 19.8. The van der Waals surface area contributed by atoms with Gasteiger partial charge in [0.05, 0.1) is 12.7 Å². The van der Waals surface area contributed by atoms with Crippen LogP contribution in [0.4, 0.5) is 4.79 Å². The lowest BCUT2D eigenvalue weighted by molar-refractivity contribution is -0.0294. The molecule has 0 spiro atoms. The standard InChI is InChI=1S/C22H42N4O2/c1-19(2)16-25-13-14-28-21(18-25)15-23-22(27)26-10-6-9-24(11-12-26)17-20-7-4-3-5-8-20/h19-21H,3-18H2,1-2H3,(H,23,27). The summed E-state index contributed by atoms with van der Waals surface area (Å²) in [6, 6.07) is 0.0871. The Morgan fingerprint density at radius 3 is 2.61 bits per heavy atom. The van der Waals surface area contributed by atoms with Crippen LogP contribution in [-0.2, 0) is 4.74 Å². The van der Waals surface area contributed by atoms with Crippen molar-refractivity contribution in [1.29, 1.82) is 0 Å². The summed E-state index contributed by atoms with van der Waals surface area (Å²) in [6.45, 7) is 14.0. The minimum absolute atomic E-state index is 0.0871. The highest BCUT2D eigenvalue weighted by Gasteiger charge is 2.24. The highest BCUT2D eigenvalue weighted by Crippen LogP contribution is 2.24. The molecule has 1 N–H and O–H groups in total. The van der Waals surface area contributed by atoms with Crippen LogP contribution in [0.1, 0.15) is 52.4 Å². The van der Waals surface area contributed by atoms with Gasteiger partial charge in [0.25, 0.3) is 0 Å². The Bertz CT molecular complexity index is 467. The Morgan fingerprint density at radius 2 is 1.82 bits per heavy atom. The van der Waals surface area contributed by atoms with Gasteiger partial charge in [-0.2, -0.15) is 0 Å². The highest BCUT2D eigenvalue weighted by molar-refractivity contribution is 5.74. The number of ether oxygens (including phenoxy) is 1. The van der Waals surface area contributed by atoms with Crippen molar-refractivity contribution < 1.29 is 9.53 Å². The molecular formula is C22H42N4O2. The van der Waals surface area contributed by atoms with E-state index in [0.717, 1.165) is 64.8 Å². The van der Waals surface area contributed by atoms with Gasteiger partial charge in [-0.1, -0.05) is 33.1 Å². The van der Waals surface area contributed by atoms with Crippen molar-refractivity contribution >= 4 is 6.03 Å². The highest BCUT2D eigenvalue weighted by atomic mass is 16.5. The molecule has 1 saturated carbocycles. The van der Waals surface area contributed by atoms with Crippen molar-refractivity contribution in [2.24, 2.45) is 11.8 Å². The summed E-state index contributed by atoms with van der Waals surface area (Å²) < 4.78 is 5.87. The number of carbonyl (C=O) groups excluding carboxylic acids is 1. The van der Waals surface area contributed by atoms with Gasteiger partial charge in [0.15, 0.2) is 0 Å². The van der Waals surface area contributed by atoms with E-state index in [-0.39, 0.29) is 12.1 Å². The summed E-state index contributed by atoms with van der Waals surface area (Å²) in [6.07, 6.45) is 8.24. The predicted molar refractivity (Wildman–Crippen MR) is 114 cm³/mol. The average molecular weight is 395 g/mol. The van der Waals surface area contributed by atoms with Crippen molar-refractivity contribution in [3.8, 4) is 0 Å². The Morgan fingerprint density at radius 1 is 1.00 bits per heavy atom. The van der Waals surface area contributed by atoms with Gasteiger partial charge in [-0.15, -0.1) is 0 Å². The molecule has 1 atom stereocenters. The summed E-state index contributed by atoms with van der Waals surface area (Å²) in [5, 5.41) is 3.14. The van der Waals surface area contributed by atoms with E-state index in [1.165, 1.54) is 38.6 Å². The topological polar surface area (TPSA) is 48.1 Å². The molecule has 0 aromatic carbocycles. The number of urea groups is 1. The zero-order valence-corrected chi connectivity index (χ0v) is 18.2. The van der Waals surface area contributed by atoms with E-state index in [9.17, 15) is 4.79 Å². The van der Waals surface area contributed by atoms with Gasteiger partial charge >= 0.3 is 6.03 Å². The average Bonchev–Trinajstić information content (AvgIpc) is 2.92. The molecule has 162 valence electrons. The third-order valence-electron chi connectivity index (χ3n) is 6.44. The van der Waals surface area contributed by atoms with E-state index in [2.05, 4.69) is 29.0 Å². The number of nitrogens with one attached hydrogen (secondary N) is 1. The van der Waals surface area contributed by atoms with Crippen LogP contribution in [0.15, 0.2) is 0 Å². The number of hydrogen-bond acceptors (Lipinski definition) is 4. The van der Waals surface area contributed by atoms with Crippen molar-refractivity contribution in [3.63, 3.8) is 0 Å². The van der Waals surface area contributed by atoms with Gasteiger partial charge in [-0.25, -0.2) is 4.79 Å². The second-order valence-electron chi connectivity index (χ2n) is 9.48. The SMILES string of the molecule is CC(C)CN1CCOC(CNC(=O)N2CCCN(CC3CCCCC3)CC2)C1. The van der Waals surface area contributed by atoms with E-state index >= 15 is 0 Å². The summed E-state index contributed by atoms with van der Waals surface area (Å²) in [7, 11) is 0. The monoisotopic (exact) mass is 394 g/mol. The maximum Gasteiger partial charge on any atom is 0.317 e. The van der Waals surface area contributed by atoms with Gasteiger partial charge in [0.2, 0.25) is 0 Å². The first-order valence-corrected chi connectivity index (χ1v) is 11.7. The minimum Gasteiger partial charge on any atom is -0.374 e. The van der Waals surface area contributed by atoms with Crippen molar-refractivity contribution in [3.05, 3.63) is 0 Å². The molecule has 6 heteroatoms. The molecule has 0 bridgehead atoms. The van der Waals surface area contributed by atoms with Crippen LogP contribution in [0, 0.1) is 11.8 Å². The molecule has 2 heterocycles. The maximum atomic E-state index is 12.7. The fourth-order valence-electron chi connectivity index (χ4n) is 4.99. The third-order valence-corrected chi connectivity index (χ3v) is 6.44. The molecule has 0 aromatic heterocycles. The van der Waals surface area contributed by atoms with E-state index in [1.54, 1.807) is 0 Å². The van der Waals surface area contributed by atoms with Crippen LogP contribution < -0.4 is 5.32 Å². The van der Waals surface area contributed by atoms with Gasteiger partial charge < -0.3 is 19.9 Å². The minimum atomic E-state index is 0.0871. The van der Waals surface area contributed by atoms with E-state index < -0.39 is 0 Å². The first kappa shape index (κ1) is 21.8. The lowest BCUT2D eigenvalue weighted by atomic mass is 9.89. The van der Waals surface area contributed by atoms with E-state index in [4.69, 9.17) is 4.74 Å². The third kappa shape index (κ3) is 7.20. The van der Waals surface area contributed by atoms with Crippen LogP contribution in [0.3, 0.4) is 0 Å². The first-order chi connectivity index (χ1) is 13.6. The molecule has 0 aromatic rings. The Labute approximate surface area is 171 Å². The van der Waals surface area contributed by atoms with Crippen molar-refractivity contribution in [2.45, 2.75) is 58.5 Å². The number of nitrogens with zero attached hydrogens (tertiary/aromatic N) is 3. The molecule has 28 heavy (non-hydrogen) atoms. The number of amides is 2. The van der Waals surface area contributed by atoms with Crippen molar-refractivity contribution in [2.75, 3.05) is 65.5 Å². The van der Waals surface area contributed by atoms with Crippen LogP contribution in [0.2, 0.25) is 0 Å². The van der Waals surface area contributed by atoms with Crippen molar-refractivity contribution in [1.82, 2.24) is 20.0 Å². The first-order valence-electron chi connectivity index (χ1n) is 11.7. The van der Waals surface area contributed by atoms with Crippen LogP contribution in [-0.4, -0.2) is 92.3 Å². The Kier molecular flexibility index (Phi) is 8.87. The lowest BCUT2D eigenvalue weighted by Crippen LogP contribution is -2.50. The molecule has 2 saturated heterocycles. The second kappa shape index (κ2) is 11.4. The lowest BCUT2D eigenvalue weighted by Gasteiger charge is -2.34. The maximum absolute atomic E-state index is 12.7. The summed E-state index contributed by atoms with van der Waals surface area (Å²) in [5.41, 5.74) is 0. The van der Waals surface area contributed by atoms with Crippen LogP contribution in [0.5, 0.6) is 0 Å². The molecule has 6 nitrogen and oxygen atoms in total. The fourth-order valence-corrected chi connectivity index (χ4v) is 4.99.